The van der Waals surface area contributed by atoms with Gasteiger partial charge in [0.1, 0.15) is 0 Å². The van der Waals surface area contributed by atoms with Crippen molar-refractivity contribution in [2.45, 2.75) is 51.6 Å². The molecular weight excluding hydrogens is 336 g/mol. The van der Waals surface area contributed by atoms with Crippen molar-refractivity contribution >= 4 is 17.2 Å². The SMILES string of the molecule is Cc1noc(CCC(=O)N(Cc2ccsc2)C2CC23CCNCC3)n1. The first-order valence-corrected chi connectivity index (χ1v) is 9.91. The molecule has 0 aromatic carbocycles. The lowest BCUT2D eigenvalue weighted by atomic mass is 9.93. The summed E-state index contributed by atoms with van der Waals surface area (Å²) in [6.07, 6.45) is 4.43. The fourth-order valence-corrected chi connectivity index (χ4v) is 4.64. The Labute approximate surface area is 151 Å². The van der Waals surface area contributed by atoms with E-state index >= 15 is 0 Å². The van der Waals surface area contributed by atoms with Crippen LogP contribution in [0.3, 0.4) is 0 Å². The monoisotopic (exact) mass is 360 g/mol. The molecule has 0 radical (unpaired) electrons. The summed E-state index contributed by atoms with van der Waals surface area (Å²) in [5, 5.41) is 11.4. The van der Waals surface area contributed by atoms with E-state index in [2.05, 4.69) is 37.2 Å². The van der Waals surface area contributed by atoms with Gasteiger partial charge in [-0.2, -0.15) is 16.3 Å². The van der Waals surface area contributed by atoms with Crippen molar-refractivity contribution in [3.05, 3.63) is 34.1 Å². The zero-order valence-corrected chi connectivity index (χ0v) is 15.3. The summed E-state index contributed by atoms with van der Waals surface area (Å²) in [5.41, 5.74) is 1.57. The van der Waals surface area contributed by atoms with Crippen LogP contribution in [0.25, 0.3) is 0 Å². The number of nitrogens with one attached hydrogen (secondary N) is 1. The number of hydrogen-bond acceptors (Lipinski definition) is 6. The maximum atomic E-state index is 13.0. The molecule has 1 unspecified atom stereocenters. The number of hydrogen-bond donors (Lipinski definition) is 1. The Morgan fingerprint density at radius 1 is 1.48 bits per heavy atom. The predicted octanol–water partition coefficient (Wildman–Crippen LogP) is 2.54. The summed E-state index contributed by atoms with van der Waals surface area (Å²) < 4.78 is 5.15. The number of carbonyl (C=O) groups excluding carboxylic acids is 1. The molecule has 1 N–H and O–H groups in total. The standard InChI is InChI=1S/C18H24N4O2S/c1-13-20-16(24-21-13)2-3-17(23)22(11-14-4-9-25-12-14)15-10-18(15)5-7-19-8-6-18/h4,9,12,15,19H,2-3,5-8,10-11H2,1H3. The van der Waals surface area contributed by atoms with E-state index in [0.717, 1.165) is 19.5 Å². The average molecular weight is 360 g/mol. The summed E-state index contributed by atoms with van der Waals surface area (Å²) >= 11 is 1.68. The Hall–Kier alpha value is -1.73. The van der Waals surface area contributed by atoms with E-state index in [1.54, 1.807) is 18.3 Å². The van der Waals surface area contributed by atoms with Crippen LogP contribution in [0.15, 0.2) is 21.3 Å². The van der Waals surface area contributed by atoms with Crippen LogP contribution in [-0.2, 0) is 17.8 Å². The molecule has 1 saturated heterocycles. The minimum absolute atomic E-state index is 0.197. The first kappa shape index (κ1) is 16.7. The number of amides is 1. The number of aromatic nitrogens is 2. The highest BCUT2D eigenvalue weighted by Crippen LogP contribution is 2.56. The van der Waals surface area contributed by atoms with Crippen molar-refractivity contribution in [3.8, 4) is 0 Å². The lowest BCUT2D eigenvalue weighted by molar-refractivity contribution is -0.133. The van der Waals surface area contributed by atoms with Crippen molar-refractivity contribution in [2.75, 3.05) is 13.1 Å². The van der Waals surface area contributed by atoms with Gasteiger partial charge in [-0.05, 0) is 67.1 Å². The minimum Gasteiger partial charge on any atom is -0.339 e. The molecule has 1 aliphatic heterocycles. The van der Waals surface area contributed by atoms with Crippen molar-refractivity contribution < 1.29 is 9.32 Å². The summed E-state index contributed by atoms with van der Waals surface area (Å²) in [6, 6.07) is 2.50. The minimum atomic E-state index is 0.197. The molecule has 1 spiro atoms. The molecule has 4 rings (SSSR count). The van der Waals surface area contributed by atoms with Gasteiger partial charge in [-0.1, -0.05) is 5.16 Å². The highest BCUT2D eigenvalue weighted by atomic mass is 32.1. The van der Waals surface area contributed by atoms with Gasteiger partial charge in [-0.3, -0.25) is 4.79 Å². The lowest BCUT2D eigenvalue weighted by Gasteiger charge is -2.29. The third kappa shape index (κ3) is 3.62. The number of piperidine rings is 1. The summed E-state index contributed by atoms with van der Waals surface area (Å²) in [5.74, 6) is 1.37. The lowest BCUT2D eigenvalue weighted by Crippen LogP contribution is -2.39. The maximum Gasteiger partial charge on any atom is 0.227 e. The topological polar surface area (TPSA) is 71.3 Å². The normalized spacial score (nSPS) is 21.4. The second kappa shape index (κ2) is 6.88. The van der Waals surface area contributed by atoms with Gasteiger partial charge in [0.2, 0.25) is 11.8 Å². The molecule has 25 heavy (non-hydrogen) atoms. The Morgan fingerprint density at radius 3 is 3.00 bits per heavy atom. The van der Waals surface area contributed by atoms with E-state index in [0.29, 0.717) is 42.6 Å². The predicted molar refractivity (Wildman–Crippen MR) is 95.2 cm³/mol. The van der Waals surface area contributed by atoms with Crippen molar-refractivity contribution in [1.82, 2.24) is 20.4 Å². The Balaban J connectivity index is 1.44. The van der Waals surface area contributed by atoms with Crippen LogP contribution in [0, 0.1) is 12.3 Å². The zero-order valence-electron chi connectivity index (χ0n) is 14.5. The zero-order chi connectivity index (χ0) is 17.3. The molecule has 1 amide bonds. The van der Waals surface area contributed by atoms with Crippen LogP contribution in [0.4, 0.5) is 0 Å². The maximum absolute atomic E-state index is 13.0. The Morgan fingerprint density at radius 2 is 2.32 bits per heavy atom. The van der Waals surface area contributed by atoms with Gasteiger partial charge in [0.15, 0.2) is 5.82 Å². The van der Waals surface area contributed by atoms with Gasteiger partial charge in [0.25, 0.3) is 0 Å². The smallest absolute Gasteiger partial charge is 0.227 e. The van der Waals surface area contributed by atoms with E-state index in [9.17, 15) is 4.79 Å². The van der Waals surface area contributed by atoms with Crippen LogP contribution in [-0.4, -0.2) is 40.1 Å². The average Bonchev–Trinajstić information content (AvgIpc) is 2.99. The molecule has 2 aromatic heterocycles. The molecule has 3 heterocycles. The molecule has 2 aromatic rings. The highest BCUT2D eigenvalue weighted by Gasteiger charge is 2.57. The summed E-state index contributed by atoms with van der Waals surface area (Å²) in [4.78, 5) is 19.3. The summed E-state index contributed by atoms with van der Waals surface area (Å²) in [7, 11) is 0. The molecule has 1 atom stereocenters. The van der Waals surface area contributed by atoms with Gasteiger partial charge in [-0.25, -0.2) is 0 Å². The number of nitrogens with zero attached hydrogens (tertiary/aromatic N) is 3. The molecule has 2 fully saturated rings. The Bertz CT molecular complexity index is 721. The molecule has 2 aliphatic rings. The molecule has 7 heteroatoms. The van der Waals surface area contributed by atoms with Gasteiger partial charge < -0.3 is 14.7 Å². The molecule has 1 aliphatic carbocycles. The summed E-state index contributed by atoms with van der Waals surface area (Å²) in [6.45, 7) is 4.64. The van der Waals surface area contributed by atoms with Crippen LogP contribution in [0.2, 0.25) is 0 Å². The molecule has 1 saturated carbocycles. The quantitative estimate of drug-likeness (QED) is 0.857. The second-order valence-electron chi connectivity index (χ2n) is 7.22. The van der Waals surface area contributed by atoms with E-state index < -0.39 is 0 Å². The largest absolute Gasteiger partial charge is 0.339 e. The van der Waals surface area contributed by atoms with Gasteiger partial charge in [-0.15, -0.1) is 0 Å². The van der Waals surface area contributed by atoms with Crippen molar-refractivity contribution in [3.63, 3.8) is 0 Å². The van der Waals surface area contributed by atoms with Gasteiger partial charge in [0.05, 0.1) is 0 Å². The first-order chi connectivity index (χ1) is 12.2. The van der Waals surface area contributed by atoms with Crippen LogP contribution < -0.4 is 5.32 Å². The number of aryl methyl sites for hydroxylation is 2. The fourth-order valence-electron chi connectivity index (χ4n) is 3.98. The molecular formula is C18H24N4O2S. The van der Waals surface area contributed by atoms with Gasteiger partial charge in [0, 0.05) is 25.4 Å². The van der Waals surface area contributed by atoms with E-state index in [1.807, 2.05) is 0 Å². The molecule has 0 bridgehead atoms. The van der Waals surface area contributed by atoms with Crippen LogP contribution in [0.5, 0.6) is 0 Å². The van der Waals surface area contributed by atoms with Gasteiger partial charge >= 0.3 is 0 Å². The third-order valence-corrected chi connectivity index (χ3v) is 6.23. The Kier molecular flexibility index (Phi) is 4.60. The molecule has 134 valence electrons. The van der Waals surface area contributed by atoms with Crippen LogP contribution >= 0.6 is 11.3 Å². The van der Waals surface area contributed by atoms with E-state index in [4.69, 9.17) is 4.52 Å². The fraction of sp³-hybridized carbons (Fsp3) is 0.611. The number of rotatable bonds is 6. The highest BCUT2D eigenvalue weighted by molar-refractivity contribution is 7.07. The van der Waals surface area contributed by atoms with Crippen molar-refractivity contribution in [1.29, 1.82) is 0 Å². The van der Waals surface area contributed by atoms with Crippen molar-refractivity contribution in [2.24, 2.45) is 5.41 Å². The first-order valence-electron chi connectivity index (χ1n) is 8.97. The number of thiophene rings is 1. The third-order valence-electron chi connectivity index (χ3n) is 5.50. The van der Waals surface area contributed by atoms with Crippen LogP contribution in [0.1, 0.15) is 43.0 Å². The second-order valence-corrected chi connectivity index (χ2v) is 8.00. The van der Waals surface area contributed by atoms with E-state index in [-0.39, 0.29) is 5.91 Å². The molecule has 6 nitrogen and oxygen atoms in total. The number of carbonyl (C=O) groups is 1. The van der Waals surface area contributed by atoms with E-state index in [1.165, 1.54) is 18.4 Å².